The molecular weight excluding hydrogens is 291 g/mol. The lowest BCUT2D eigenvalue weighted by atomic mass is 10.1. The van der Waals surface area contributed by atoms with Crippen LogP contribution in [0, 0.1) is 5.41 Å². The zero-order chi connectivity index (χ0) is 15.7. The fraction of sp³-hybridized carbons (Fsp3) is 0.385. The molecule has 0 atom stereocenters. The van der Waals surface area contributed by atoms with Gasteiger partial charge in [0.25, 0.3) is 5.91 Å². The topological polar surface area (TPSA) is 75.6 Å². The molecule has 1 aromatic carbocycles. The van der Waals surface area contributed by atoms with Crippen LogP contribution in [0.1, 0.15) is 23.2 Å². The number of amides is 1. The van der Waals surface area contributed by atoms with Crippen molar-refractivity contribution < 1.29 is 32.6 Å². The largest absolute Gasteiger partial charge is 0.573 e. The molecule has 0 saturated heterocycles. The van der Waals surface area contributed by atoms with E-state index < -0.39 is 29.4 Å². The van der Waals surface area contributed by atoms with Gasteiger partial charge in [0, 0.05) is 6.54 Å². The van der Waals surface area contributed by atoms with E-state index in [0.29, 0.717) is 12.8 Å². The van der Waals surface area contributed by atoms with Gasteiger partial charge < -0.3 is 15.2 Å². The van der Waals surface area contributed by atoms with Crippen LogP contribution in [-0.2, 0) is 4.79 Å². The summed E-state index contributed by atoms with van der Waals surface area (Å²) in [6, 6.07) is 4.89. The normalized spacial score (nSPS) is 16.1. The van der Waals surface area contributed by atoms with Gasteiger partial charge in [0.1, 0.15) is 5.75 Å². The Morgan fingerprint density at radius 2 is 1.90 bits per heavy atom. The first-order chi connectivity index (χ1) is 9.73. The minimum atomic E-state index is -4.91. The quantitative estimate of drug-likeness (QED) is 0.874. The van der Waals surface area contributed by atoms with Crippen molar-refractivity contribution in [2.45, 2.75) is 19.2 Å². The van der Waals surface area contributed by atoms with E-state index in [2.05, 4.69) is 10.1 Å². The monoisotopic (exact) mass is 303 g/mol. The maximum Gasteiger partial charge on any atom is 0.573 e. The van der Waals surface area contributed by atoms with Gasteiger partial charge in [0.05, 0.1) is 11.0 Å². The molecule has 21 heavy (non-hydrogen) atoms. The number of nitrogens with one attached hydrogen (secondary N) is 1. The predicted molar refractivity (Wildman–Crippen MR) is 64.8 cm³/mol. The number of carboxylic acid groups (broad SMARTS) is 1. The fourth-order valence-electron chi connectivity index (χ4n) is 1.83. The maximum absolute atomic E-state index is 12.2. The SMILES string of the molecule is O=C(NCC1(C(=O)O)CC1)c1ccccc1OC(F)(F)F. The summed E-state index contributed by atoms with van der Waals surface area (Å²) >= 11 is 0. The predicted octanol–water partition coefficient (Wildman–Crippen LogP) is 2.18. The summed E-state index contributed by atoms with van der Waals surface area (Å²) in [7, 11) is 0. The molecule has 0 unspecified atom stereocenters. The molecule has 0 aromatic heterocycles. The van der Waals surface area contributed by atoms with Crippen LogP contribution in [-0.4, -0.2) is 29.9 Å². The van der Waals surface area contributed by atoms with Gasteiger partial charge in [0.15, 0.2) is 0 Å². The average Bonchev–Trinajstić information content (AvgIpc) is 3.16. The van der Waals surface area contributed by atoms with Crippen molar-refractivity contribution in [1.29, 1.82) is 0 Å². The highest BCUT2D eigenvalue weighted by molar-refractivity contribution is 5.97. The number of hydrogen-bond donors (Lipinski definition) is 2. The minimum Gasteiger partial charge on any atom is -0.481 e. The number of para-hydroxylation sites is 1. The first-order valence-corrected chi connectivity index (χ1v) is 6.10. The molecule has 1 aromatic rings. The Balaban J connectivity index is 2.07. The van der Waals surface area contributed by atoms with E-state index >= 15 is 0 Å². The van der Waals surface area contributed by atoms with Crippen molar-refractivity contribution in [3.8, 4) is 5.75 Å². The molecule has 0 spiro atoms. The smallest absolute Gasteiger partial charge is 0.481 e. The van der Waals surface area contributed by atoms with Crippen molar-refractivity contribution >= 4 is 11.9 Å². The number of halogens is 3. The molecule has 114 valence electrons. The summed E-state index contributed by atoms with van der Waals surface area (Å²) < 4.78 is 40.5. The molecule has 0 aliphatic heterocycles. The van der Waals surface area contributed by atoms with Crippen molar-refractivity contribution in [1.82, 2.24) is 5.32 Å². The van der Waals surface area contributed by atoms with Gasteiger partial charge in [-0.15, -0.1) is 13.2 Å². The van der Waals surface area contributed by atoms with Crippen LogP contribution in [0.5, 0.6) is 5.75 Å². The summed E-state index contributed by atoms with van der Waals surface area (Å²) in [4.78, 5) is 22.9. The molecule has 0 radical (unpaired) electrons. The highest BCUT2D eigenvalue weighted by atomic mass is 19.4. The number of hydrogen-bond acceptors (Lipinski definition) is 3. The molecular formula is C13H12F3NO4. The number of aliphatic carboxylic acids is 1. The third kappa shape index (κ3) is 3.65. The highest BCUT2D eigenvalue weighted by Gasteiger charge is 2.50. The van der Waals surface area contributed by atoms with Crippen LogP contribution in [0.25, 0.3) is 0 Å². The second kappa shape index (κ2) is 5.27. The first-order valence-electron chi connectivity index (χ1n) is 6.10. The molecule has 1 amide bonds. The Morgan fingerprint density at radius 1 is 1.29 bits per heavy atom. The van der Waals surface area contributed by atoms with Gasteiger partial charge in [-0.2, -0.15) is 0 Å². The van der Waals surface area contributed by atoms with E-state index in [1.165, 1.54) is 18.2 Å². The molecule has 1 saturated carbocycles. The molecule has 1 aliphatic carbocycles. The van der Waals surface area contributed by atoms with Crippen LogP contribution in [0.15, 0.2) is 24.3 Å². The zero-order valence-electron chi connectivity index (χ0n) is 10.7. The van der Waals surface area contributed by atoms with Gasteiger partial charge in [-0.25, -0.2) is 0 Å². The standard InChI is InChI=1S/C13H12F3NO4/c14-13(15,16)21-9-4-2-1-3-8(9)10(18)17-7-12(5-6-12)11(19)20/h1-4H,5-7H2,(H,17,18)(H,19,20). The van der Waals surface area contributed by atoms with Crippen LogP contribution >= 0.6 is 0 Å². The lowest BCUT2D eigenvalue weighted by Crippen LogP contribution is -2.34. The van der Waals surface area contributed by atoms with E-state index in [4.69, 9.17) is 5.11 Å². The van der Waals surface area contributed by atoms with Gasteiger partial charge in [0.2, 0.25) is 0 Å². The molecule has 5 nitrogen and oxygen atoms in total. The Morgan fingerprint density at radius 3 is 2.43 bits per heavy atom. The number of benzene rings is 1. The number of carbonyl (C=O) groups excluding carboxylic acids is 1. The van der Waals surface area contributed by atoms with Gasteiger partial charge in [-0.3, -0.25) is 9.59 Å². The second-order valence-corrected chi connectivity index (χ2v) is 4.81. The van der Waals surface area contributed by atoms with E-state index in [1.54, 1.807) is 0 Å². The lowest BCUT2D eigenvalue weighted by Gasteiger charge is -2.14. The first kappa shape index (κ1) is 15.1. The molecule has 2 N–H and O–H groups in total. The Bertz CT molecular complexity index is 567. The number of carbonyl (C=O) groups is 2. The summed E-state index contributed by atoms with van der Waals surface area (Å²) in [5.41, 5.74) is -1.29. The third-order valence-corrected chi connectivity index (χ3v) is 3.25. The van der Waals surface area contributed by atoms with Gasteiger partial charge in [-0.1, -0.05) is 12.1 Å². The van der Waals surface area contributed by atoms with Gasteiger partial charge in [-0.05, 0) is 25.0 Å². The van der Waals surface area contributed by atoms with Crippen LogP contribution < -0.4 is 10.1 Å². The van der Waals surface area contributed by atoms with Crippen LogP contribution in [0.3, 0.4) is 0 Å². The van der Waals surface area contributed by atoms with E-state index in [0.717, 1.165) is 6.07 Å². The lowest BCUT2D eigenvalue weighted by molar-refractivity contribution is -0.274. The summed E-state index contributed by atoms with van der Waals surface area (Å²) in [5, 5.41) is 11.3. The fourth-order valence-corrected chi connectivity index (χ4v) is 1.83. The second-order valence-electron chi connectivity index (χ2n) is 4.81. The summed E-state index contributed by atoms with van der Waals surface area (Å²) in [5.74, 6) is -2.45. The van der Waals surface area contributed by atoms with Crippen LogP contribution in [0.4, 0.5) is 13.2 Å². The Hall–Kier alpha value is -2.25. The maximum atomic E-state index is 12.2. The van der Waals surface area contributed by atoms with Crippen LogP contribution in [0.2, 0.25) is 0 Å². The zero-order valence-corrected chi connectivity index (χ0v) is 10.7. The van der Waals surface area contributed by atoms with E-state index in [1.807, 2.05) is 0 Å². The molecule has 0 bridgehead atoms. The summed E-state index contributed by atoms with van der Waals surface area (Å²) in [6.45, 7) is -0.123. The van der Waals surface area contributed by atoms with Crippen molar-refractivity contribution in [3.05, 3.63) is 29.8 Å². The molecule has 2 rings (SSSR count). The summed E-state index contributed by atoms with van der Waals surface area (Å²) in [6.07, 6.45) is -4.04. The Labute approximate surface area is 117 Å². The molecule has 1 fully saturated rings. The average molecular weight is 303 g/mol. The molecule has 0 heterocycles. The van der Waals surface area contributed by atoms with Crippen molar-refractivity contribution in [3.63, 3.8) is 0 Å². The van der Waals surface area contributed by atoms with Gasteiger partial charge >= 0.3 is 12.3 Å². The number of carboxylic acids is 1. The van der Waals surface area contributed by atoms with E-state index in [-0.39, 0.29) is 12.1 Å². The van der Waals surface area contributed by atoms with Crippen molar-refractivity contribution in [2.75, 3.05) is 6.54 Å². The minimum absolute atomic E-state index is 0.123. The molecule has 8 heteroatoms. The van der Waals surface area contributed by atoms with Crippen molar-refractivity contribution in [2.24, 2.45) is 5.41 Å². The third-order valence-electron chi connectivity index (χ3n) is 3.25. The van der Waals surface area contributed by atoms with E-state index in [9.17, 15) is 22.8 Å². The number of ether oxygens (including phenoxy) is 1. The Kier molecular flexibility index (Phi) is 3.80. The highest BCUT2D eigenvalue weighted by Crippen LogP contribution is 2.45. The number of rotatable bonds is 5. The number of alkyl halides is 3. The molecule has 1 aliphatic rings.